The van der Waals surface area contributed by atoms with Gasteiger partial charge in [-0.05, 0) is 54.7 Å². The third-order valence-electron chi connectivity index (χ3n) is 3.80. The predicted octanol–water partition coefficient (Wildman–Crippen LogP) is 5.33. The standard InChI is InChI=1S/C17H18BrN/c18-14-9-11-15(12-10-14)19-17-8-4-2-6-13-5-1-3-7-16(13)17/h1,3,5,7,9-12,17,19H,2,4,6,8H2. The number of rotatable bonds is 2. The Balaban J connectivity index is 1.86. The first-order valence-corrected chi connectivity index (χ1v) is 7.72. The van der Waals surface area contributed by atoms with Crippen LogP contribution in [0.15, 0.2) is 53.0 Å². The van der Waals surface area contributed by atoms with Gasteiger partial charge in [-0.1, -0.05) is 46.6 Å². The van der Waals surface area contributed by atoms with Gasteiger partial charge < -0.3 is 5.32 Å². The molecule has 0 bridgehead atoms. The van der Waals surface area contributed by atoms with Crippen LogP contribution in [0.3, 0.4) is 0 Å². The van der Waals surface area contributed by atoms with Crippen LogP contribution >= 0.6 is 15.9 Å². The van der Waals surface area contributed by atoms with Gasteiger partial charge in [-0.2, -0.15) is 0 Å². The molecule has 19 heavy (non-hydrogen) atoms. The lowest BCUT2D eigenvalue weighted by Crippen LogP contribution is -2.11. The second-order valence-corrected chi connectivity index (χ2v) is 6.06. The van der Waals surface area contributed by atoms with E-state index in [1.807, 2.05) is 0 Å². The van der Waals surface area contributed by atoms with Gasteiger partial charge in [-0.15, -0.1) is 0 Å². The molecule has 1 atom stereocenters. The van der Waals surface area contributed by atoms with Crippen molar-refractivity contribution in [3.8, 4) is 0 Å². The van der Waals surface area contributed by atoms with Gasteiger partial charge in [0.2, 0.25) is 0 Å². The van der Waals surface area contributed by atoms with Crippen molar-refractivity contribution >= 4 is 21.6 Å². The van der Waals surface area contributed by atoms with Crippen molar-refractivity contribution in [2.24, 2.45) is 0 Å². The molecule has 0 heterocycles. The van der Waals surface area contributed by atoms with Gasteiger partial charge in [0, 0.05) is 10.2 Å². The number of benzene rings is 2. The molecule has 1 N–H and O–H groups in total. The van der Waals surface area contributed by atoms with Crippen LogP contribution in [0.2, 0.25) is 0 Å². The van der Waals surface area contributed by atoms with Gasteiger partial charge in [0.1, 0.15) is 0 Å². The summed E-state index contributed by atoms with van der Waals surface area (Å²) in [5.41, 5.74) is 4.18. The Morgan fingerprint density at radius 3 is 2.58 bits per heavy atom. The number of hydrogen-bond acceptors (Lipinski definition) is 1. The minimum Gasteiger partial charge on any atom is -0.378 e. The van der Waals surface area contributed by atoms with E-state index in [4.69, 9.17) is 0 Å². The highest BCUT2D eigenvalue weighted by Gasteiger charge is 2.17. The van der Waals surface area contributed by atoms with E-state index in [2.05, 4.69) is 69.8 Å². The fraction of sp³-hybridized carbons (Fsp3) is 0.294. The minimum atomic E-state index is 0.444. The average molecular weight is 316 g/mol. The zero-order valence-electron chi connectivity index (χ0n) is 10.9. The molecule has 1 nitrogen and oxygen atoms in total. The molecule has 2 aromatic carbocycles. The lowest BCUT2D eigenvalue weighted by atomic mass is 9.99. The highest BCUT2D eigenvalue weighted by molar-refractivity contribution is 9.10. The van der Waals surface area contributed by atoms with Crippen LogP contribution in [-0.4, -0.2) is 0 Å². The van der Waals surface area contributed by atoms with E-state index in [0.29, 0.717) is 6.04 Å². The topological polar surface area (TPSA) is 12.0 Å². The summed E-state index contributed by atoms with van der Waals surface area (Å²) in [7, 11) is 0. The van der Waals surface area contributed by atoms with Crippen LogP contribution in [0.25, 0.3) is 0 Å². The van der Waals surface area contributed by atoms with Crippen LogP contribution in [0.5, 0.6) is 0 Å². The van der Waals surface area contributed by atoms with Crippen molar-refractivity contribution in [3.63, 3.8) is 0 Å². The summed E-state index contributed by atoms with van der Waals surface area (Å²) >= 11 is 3.48. The van der Waals surface area contributed by atoms with Crippen LogP contribution in [0.4, 0.5) is 5.69 Å². The van der Waals surface area contributed by atoms with Gasteiger partial charge in [-0.25, -0.2) is 0 Å². The van der Waals surface area contributed by atoms with Gasteiger partial charge in [0.25, 0.3) is 0 Å². The number of nitrogens with one attached hydrogen (secondary N) is 1. The Labute approximate surface area is 123 Å². The Kier molecular flexibility index (Phi) is 3.88. The van der Waals surface area contributed by atoms with Crippen molar-refractivity contribution in [1.82, 2.24) is 0 Å². The summed E-state index contributed by atoms with van der Waals surface area (Å²) in [6, 6.07) is 17.8. The Morgan fingerprint density at radius 1 is 0.947 bits per heavy atom. The maximum absolute atomic E-state index is 3.68. The summed E-state index contributed by atoms with van der Waals surface area (Å²) < 4.78 is 1.12. The number of hydrogen-bond donors (Lipinski definition) is 1. The first-order valence-electron chi connectivity index (χ1n) is 6.93. The second kappa shape index (κ2) is 5.79. The first-order chi connectivity index (χ1) is 9.33. The molecule has 0 spiro atoms. The van der Waals surface area contributed by atoms with Gasteiger partial charge in [0.15, 0.2) is 0 Å². The fourth-order valence-corrected chi connectivity index (χ4v) is 3.08. The van der Waals surface area contributed by atoms with Crippen molar-refractivity contribution in [2.75, 3.05) is 5.32 Å². The first kappa shape index (κ1) is 12.7. The van der Waals surface area contributed by atoms with E-state index >= 15 is 0 Å². The molecular weight excluding hydrogens is 298 g/mol. The van der Waals surface area contributed by atoms with E-state index in [-0.39, 0.29) is 0 Å². The van der Waals surface area contributed by atoms with Crippen LogP contribution in [0, 0.1) is 0 Å². The maximum Gasteiger partial charge on any atom is 0.0516 e. The van der Waals surface area contributed by atoms with E-state index < -0.39 is 0 Å². The third-order valence-corrected chi connectivity index (χ3v) is 4.33. The van der Waals surface area contributed by atoms with Crippen molar-refractivity contribution < 1.29 is 0 Å². The molecule has 2 aromatic rings. The molecule has 0 amide bonds. The lowest BCUT2D eigenvalue weighted by Gasteiger charge is -2.20. The summed E-state index contributed by atoms with van der Waals surface area (Å²) in [6.45, 7) is 0. The molecule has 1 aliphatic rings. The van der Waals surface area contributed by atoms with Crippen molar-refractivity contribution in [1.29, 1.82) is 0 Å². The van der Waals surface area contributed by atoms with Crippen molar-refractivity contribution in [3.05, 3.63) is 64.1 Å². The summed E-state index contributed by atoms with van der Waals surface area (Å²) in [5.74, 6) is 0. The molecule has 2 heteroatoms. The van der Waals surface area contributed by atoms with Crippen LogP contribution < -0.4 is 5.32 Å². The zero-order valence-corrected chi connectivity index (χ0v) is 12.5. The van der Waals surface area contributed by atoms with E-state index in [9.17, 15) is 0 Å². The smallest absolute Gasteiger partial charge is 0.0516 e. The molecule has 0 radical (unpaired) electrons. The molecule has 0 saturated heterocycles. The van der Waals surface area contributed by atoms with Crippen LogP contribution in [-0.2, 0) is 6.42 Å². The molecular formula is C17H18BrN. The third kappa shape index (κ3) is 3.01. The quantitative estimate of drug-likeness (QED) is 0.739. The van der Waals surface area contributed by atoms with E-state index in [1.165, 1.54) is 42.5 Å². The number of fused-ring (bicyclic) bond motifs is 1. The Bertz CT molecular complexity index is 547. The molecule has 0 aromatic heterocycles. The van der Waals surface area contributed by atoms with E-state index in [1.54, 1.807) is 0 Å². The molecule has 0 fully saturated rings. The van der Waals surface area contributed by atoms with Gasteiger partial charge in [-0.3, -0.25) is 0 Å². The number of aryl methyl sites for hydroxylation is 1. The molecule has 3 rings (SSSR count). The van der Waals surface area contributed by atoms with Crippen molar-refractivity contribution in [2.45, 2.75) is 31.7 Å². The van der Waals surface area contributed by atoms with Gasteiger partial charge in [0.05, 0.1) is 6.04 Å². The molecule has 98 valence electrons. The minimum absolute atomic E-state index is 0.444. The summed E-state index contributed by atoms with van der Waals surface area (Å²) in [4.78, 5) is 0. The molecule has 0 saturated carbocycles. The molecule has 0 aliphatic heterocycles. The van der Waals surface area contributed by atoms with E-state index in [0.717, 1.165) is 4.47 Å². The monoisotopic (exact) mass is 315 g/mol. The summed E-state index contributed by atoms with van der Waals surface area (Å²) in [5, 5.41) is 3.68. The molecule has 1 aliphatic carbocycles. The maximum atomic E-state index is 3.68. The number of halogens is 1. The largest absolute Gasteiger partial charge is 0.378 e. The van der Waals surface area contributed by atoms with Crippen LogP contribution in [0.1, 0.15) is 36.4 Å². The average Bonchev–Trinajstić information content (AvgIpc) is 2.64. The highest BCUT2D eigenvalue weighted by Crippen LogP contribution is 2.31. The normalized spacial score (nSPS) is 18.5. The Hall–Kier alpha value is -1.28. The fourth-order valence-electron chi connectivity index (χ4n) is 2.82. The summed E-state index contributed by atoms with van der Waals surface area (Å²) in [6.07, 6.45) is 5.03. The SMILES string of the molecule is Brc1ccc(NC2CCCCc3ccccc32)cc1. The lowest BCUT2D eigenvalue weighted by molar-refractivity contribution is 0.644. The Morgan fingerprint density at radius 2 is 1.74 bits per heavy atom. The number of anilines is 1. The second-order valence-electron chi connectivity index (χ2n) is 5.15. The van der Waals surface area contributed by atoms with Gasteiger partial charge >= 0.3 is 0 Å². The molecule has 1 unspecified atom stereocenters. The predicted molar refractivity (Wildman–Crippen MR) is 84.5 cm³/mol. The highest BCUT2D eigenvalue weighted by atomic mass is 79.9. The zero-order chi connectivity index (χ0) is 13.1.